The predicted octanol–water partition coefficient (Wildman–Crippen LogP) is 1.71. The van der Waals surface area contributed by atoms with Gasteiger partial charge in [-0.15, -0.1) is 0 Å². The number of rotatable bonds is 9. The van der Waals surface area contributed by atoms with Crippen LogP contribution in [0.3, 0.4) is 0 Å². The molecule has 0 aliphatic carbocycles. The van der Waals surface area contributed by atoms with E-state index in [0.717, 1.165) is 6.42 Å². The number of carboxylic acids is 1. The van der Waals surface area contributed by atoms with Gasteiger partial charge < -0.3 is 15.7 Å². The Labute approximate surface area is 116 Å². The van der Waals surface area contributed by atoms with E-state index >= 15 is 0 Å². The summed E-state index contributed by atoms with van der Waals surface area (Å²) in [5, 5.41) is 8.65. The van der Waals surface area contributed by atoms with Gasteiger partial charge >= 0.3 is 5.97 Å². The molecule has 0 spiro atoms. The molecule has 0 fully saturated rings. The Morgan fingerprint density at radius 1 is 1.21 bits per heavy atom. The largest absolute Gasteiger partial charge is 0.481 e. The summed E-state index contributed by atoms with van der Waals surface area (Å²) < 4.78 is 0. The lowest BCUT2D eigenvalue weighted by Gasteiger charge is -2.31. The highest BCUT2D eigenvalue weighted by molar-refractivity contribution is 5.79. The van der Waals surface area contributed by atoms with Gasteiger partial charge in [0.05, 0.1) is 5.92 Å². The van der Waals surface area contributed by atoms with Crippen molar-refractivity contribution in [3.05, 3.63) is 0 Å². The van der Waals surface area contributed by atoms with Crippen molar-refractivity contribution in [1.82, 2.24) is 4.90 Å². The standard InChI is InChI=1S/C14H28N2O3/c1-10(2)8-12(9-15)14(19)16(11(3)4)7-5-6-13(17)18/h10-12H,5-9,15H2,1-4H3,(H,17,18). The summed E-state index contributed by atoms with van der Waals surface area (Å²) in [6, 6.07) is 0.0718. The molecule has 0 aromatic rings. The maximum Gasteiger partial charge on any atom is 0.303 e. The van der Waals surface area contributed by atoms with Crippen molar-refractivity contribution in [3.8, 4) is 0 Å². The highest BCUT2D eigenvalue weighted by Crippen LogP contribution is 2.16. The van der Waals surface area contributed by atoms with Crippen LogP contribution >= 0.6 is 0 Å². The van der Waals surface area contributed by atoms with Crippen molar-refractivity contribution < 1.29 is 14.7 Å². The normalized spacial score (nSPS) is 12.8. The molecule has 5 heteroatoms. The Morgan fingerprint density at radius 2 is 1.79 bits per heavy atom. The maximum absolute atomic E-state index is 12.4. The molecule has 0 saturated heterocycles. The van der Waals surface area contributed by atoms with Crippen LogP contribution in [0.4, 0.5) is 0 Å². The molecule has 0 aromatic heterocycles. The van der Waals surface area contributed by atoms with Crippen LogP contribution in [0.15, 0.2) is 0 Å². The van der Waals surface area contributed by atoms with Crippen LogP contribution in [0.5, 0.6) is 0 Å². The van der Waals surface area contributed by atoms with E-state index in [0.29, 0.717) is 25.4 Å². The van der Waals surface area contributed by atoms with Crippen molar-refractivity contribution in [2.24, 2.45) is 17.6 Å². The Morgan fingerprint density at radius 3 is 2.16 bits per heavy atom. The lowest BCUT2D eigenvalue weighted by Crippen LogP contribution is -2.44. The van der Waals surface area contributed by atoms with Gasteiger partial charge in [-0.1, -0.05) is 13.8 Å². The third-order valence-corrected chi connectivity index (χ3v) is 3.09. The molecule has 0 saturated carbocycles. The monoisotopic (exact) mass is 272 g/mol. The topological polar surface area (TPSA) is 83.6 Å². The quantitative estimate of drug-likeness (QED) is 0.669. The molecule has 1 amide bonds. The molecule has 0 bridgehead atoms. The number of amides is 1. The minimum absolute atomic E-state index is 0.0524. The lowest BCUT2D eigenvalue weighted by atomic mass is 9.95. The third kappa shape index (κ3) is 7.15. The molecule has 19 heavy (non-hydrogen) atoms. The molecule has 112 valence electrons. The summed E-state index contributed by atoms with van der Waals surface area (Å²) in [5.41, 5.74) is 5.70. The zero-order valence-electron chi connectivity index (χ0n) is 12.6. The molecule has 0 heterocycles. The van der Waals surface area contributed by atoms with Gasteiger partial charge in [-0.2, -0.15) is 0 Å². The first kappa shape index (κ1) is 17.9. The Balaban J connectivity index is 4.57. The van der Waals surface area contributed by atoms with Crippen LogP contribution in [-0.4, -0.2) is 41.0 Å². The Kier molecular flexibility index (Phi) is 8.39. The van der Waals surface area contributed by atoms with Crippen molar-refractivity contribution in [2.45, 2.75) is 53.0 Å². The van der Waals surface area contributed by atoms with Crippen molar-refractivity contribution in [3.63, 3.8) is 0 Å². The summed E-state index contributed by atoms with van der Waals surface area (Å²) in [6.45, 7) is 8.86. The van der Waals surface area contributed by atoms with Crippen molar-refractivity contribution >= 4 is 11.9 Å². The average Bonchev–Trinajstić information content (AvgIpc) is 2.29. The van der Waals surface area contributed by atoms with Gasteiger partial charge in [0.1, 0.15) is 0 Å². The zero-order valence-corrected chi connectivity index (χ0v) is 12.6. The average molecular weight is 272 g/mol. The van der Waals surface area contributed by atoms with Gasteiger partial charge in [-0.3, -0.25) is 9.59 Å². The first-order valence-corrected chi connectivity index (χ1v) is 7.01. The number of hydrogen-bond donors (Lipinski definition) is 2. The fourth-order valence-electron chi connectivity index (χ4n) is 2.12. The fourth-order valence-corrected chi connectivity index (χ4v) is 2.12. The van der Waals surface area contributed by atoms with E-state index in [4.69, 9.17) is 10.8 Å². The van der Waals surface area contributed by atoms with Gasteiger partial charge in [-0.25, -0.2) is 0 Å². The number of aliphatic carboxylic acids is 1. The Bertz CT molecular complexity index is 290. The van der Waals surface area contributed by atoms with Crippen molar-refractivity contribution in [2.75, 3.05) is 13.1 Å². The van der Waals surface area contributed by atoms with Gasteiger partial charge in [0.2, 0.25) is 5.91 Å². The molecule has 3 N–H and O–H groups in total. The number of hydrogen-bond acceptors (Lipinski definition) is 3. The SMILES string of the molecule is CC(C)CC(CN)C(=O)N(CCCC(=O)O)C(C)C. The summed E-state index contributed by atoms with van der Waals surface area (Å²) in [7, 11) is 0. The van der Waals surface area contributed by atoms with Gasteiger partial charge in [0.25, 0.3) is 0 Å². The molecule has 1 atom stereocenters. The summed E-state index contributed by atoms with van der Waals surface area (Å²) >= 11 is 0. The second-order valence-electron chi connectivity index (χ2n) is 5.68. The highest BCUT2D eigenvalue weighted by Gasteiger charge is 2.25. The number of nitrogens with zero attached hydrogens (tertiary/aromatic N) is 1. The van der Waals surface area contributed by atoms with Crippen LogP contribution in [0.1, 0.15) is 47.0 Å². The molecule has 0 rings (SSSR count). The van der Waals surface area contributed by atoms with Crippen LogP contribution in [0.25, 0.3) is 0 Å². The third-order valence-electron chi connectivity index (χ3n) is 3.09. The van der Waals surface area contributed by atoms with Crippen molar-refractivity contribution in [1.29, 1.82) is 0 Å². The first-order chi connectivity index (χ1) is 8.79. The maximum atomic E-state index is 12.4. The summed E-state index contributed by atoms with van der Waals surface area (Å²) in [5.74, 6) is -0.511. The van der Waals surface area contributed by atoms with E-state index in [1.807, 2.05) is 13.8 Å². The molecular weight excluding hydrogens is 244 g/mol. The number of carbonyl (C=O) groups is 2. The second kappa shape index (κ2) is 8.91. The molecule has 0 aliphatic rings. The summed E-state index contributed by atoms with van der Waals surface area (Å²) in [4.78, 5) is 24.7. The minimum atomic E-state index is -0.825. The first-order valence-electron chi connectivity index (χ1n) is 7.01. The van der Waals surface area contributed by atoms with Crippen LogP contribution < -0.4 is 5.73 Å². The Hall–Kier alpha value is -1.10. The zero-order chi connectivity index (χ0) is 15.0. The predicted molar refractivity (Wildman–Crippen MR) is 75.7 cm³/mol. The smallest absolute Gasteiger partial charge is 0.303 e. The second-order valence-corrected chi connectivity index (χ2v) is 5.68. The van der Waals surface area contributed by atoms with Gasteiger partial charge in [0.15, 0.2) is 0 Å². The van der Waals surface area contributed by atoms with Crippen LogP contribution in [0.2, 0.25) is 0 Å². The van der Waals surface area contributed by atoms with Crippen LogP contribution in [0, 0.1) is 11.8 Å². The molecule has 0 aliphatic heterocycles. The molecule has 1 unspecified atom stereocenters. The van der Waals surface area contributed by atoms with Crippen LogP contribution in [-0.2, 0) is 9.59 Å². The molecule has 0 radical (unpaired) electrons. The van der Waals surface area contributed by atoms with Gasteiger partial charge in [0, 0.05) is 25.6 Å². The van der Waals surface area contributed by atoms with E-state index in [2.05, 4.69) is 13.8 Å². The van der Waals surface area contributed by atoms with Gasteiger partial charge in [-0.05, 0) is 32.6 Å². The number of nitrogens with two attached hydrogens (primary N) is 1. The molecule has 0 aromatic carbocycles. The molecule has 5 nitrogen and oxygen atoms in total. The van der Waals surface area contributed by atoms with E-state index in [1.54, 1.807) is 4.90 Å². The summed E-state index contributed by atoms with van der Waals surface area (Å²) in [6.07, 6.45) is 1.35. The minimum Gasteiger partial charge on any atom is -0.481 e. The van der Waals surface area contributed by atoms with E-state index < -0.39 is 5.97 Å². The van der Waals surface area contributed by atoms with E-state index in [9.17, 15) is 9.59 Å². The fraction of sp³-hybridized carbons (Fsp3) is 0.857. The van der Waals surface area contributed by atoms with E-state index in [1.165, 1.54) is 0 Å². The lowest BCUT2D eigenvalue weighted by molar-refractivity contribution is -0.140. The number of carbonyl (C=O) groups excluding carboxylic acids is 1. The molecular formula is C14H28N2O3. The number of carboxylic acid groups (broad SMARTS) is 1. The van der Waals surface area contributed by atoms with E-state index in [-0.39, 0.29) is 24.3 Å². The highest BCUT2D eigenvalue weighted by atomic mass is 16.4.